The number of aliphatic hydroxyl groups excluding tert-OH is 1. The zero-order chi connectivity index (χ0) is 30.5. The van der Waals surface area contributed by atoms with Gasteiger partial charge >= 0.3 is 0 Å². The van der Waals surface area contributed by atoms with Crippen molar-refractivity contribution in [2.45, 2.75) is 95.8 Å². The summed E-state index contributed by atoms with van der Waals surface area (Å²) in [5.41, 5.74) is 5.15. The first-order valence-corrected chi connectivity index (χ1v) is 16.6. The molecule has 2 heterocycles. The first-order chi connectivity index (χ1) is 21.5. The first kappa shape index (κ1) is 31.1. The number of hydrogen-bond acceptors (Lipinski definition) is 6. The highest BCUT2D eigenvalue weighted by atomic mass is 19.1. The van der Waals surface area contributed by atoms with Gasteiger partial charge in [0.05, 0.1) is 13.3 Å². The molecule has 0 bridgehead atoms. The van der Waals surface area contributed by atoms with Crippen LogP contribution in [0.25, 0.3) is 0 Å². The van der Waals surface area contributed by atoms with Crippen LogP contribution in [0.2, 0.25) is 0 Å². The Bertz CT molecular complexity index is 1280. The number of hydrogen-bond donors (Lipinski definition) is 3. The van der Waals surface area contributed by atoms with Crippen molar-refractivity contribution in [1.82, 2.24) is 15.1 Å². The predicted octanol–water partition coefficient (Wildman–Crippen LogP) is 6.93. The lowest BCUT2D eigenvalue weighted by atomic mass is 9.83. The van der Waals surface area contributed by atoms with E-state index in [1.54, 1.807) is 6.07 Å². The van der Waals surface area contributed by atoms with Gasteiger partial charge < -0.3 is 25.4 Å². The van der Waals surface area contributed by atoms with E-state index in [-0.39, 0.29) is 24.4 Å². The number of rotatable bonds is 11. The highest BCUT2D eigenvalue weighted by Gasteiger charge is 2.38. The van der Waals surface area contributed by atoms with Gasteiger partial charge in [-0.25, -0.2) is 8.78 Å². The largest absolute Gasteiger partial charge is 0.382 e. The van der Waals surface area contributed by atoms with Crippen molar-refractivity contribution in [1.29, 1.82) is 0 Å². The fourth-order valence-electron chi connectivity index (χ4n) is 7.49. The molecule has 4 atom stereocenters. The molecule has 3 fully saturated rings. The van der Waals surface area contributed by atoms with E-state index in [0.717, 1.165) is 67.8 Å². The molecule has 44 heavy (non-hydrogen) atoms. The van der Waals surface area contributed by atoms with Crippen LogP contribution in [0.3, 0.4) is 0 Å². The molecule has 3 N–H and O–H groups in total. The molecule has 2 aliphatic heterocycles. The molecular formula is C36H48F2N4O2. The number of likely N-dealkylation sites (tertiary alicyclic amines) is 2. The second-order valence-electron chi connectivity index (χ2n) is 13.0. The fraction of sp³-hybridized carbons (Fsp3) is 0.556. The van der Waals surface area contributed by atoms with Gasteiger partial charge in [-0.2, -0.15) is 0 Å². The topological polar surface area (TPSA) is 60.0 Å². The number of aryl methyl sites for hydroxylation is 1. The van der Waals surface area contributed by atoms with Crippen molar-refractivity contribution in [2.75, 3.05) is 31.7 Å². The number of piperidine rings is 1. The number of benzene rings is 2. The van der Waals surface area contributed by atoms with E-state index < -0.39 is 12.4 Å². The molecule has 6 rings (SSSR count). The van der Waals surface area contributed by atoms with Crippen LogP contribution in [0.15, 0.2) is 66.0 Å². The molecule has 2 aromatic carbocycles. The van der Waals surface area contributed by atoms with Crippen molar-refractivity contribution < 1.29 is 18.6 Å². The summed E-state index contributed by atoms with van der Waals surface area (Å²) >= 11 is 0. The minimum absolute atomic E-state index is 0.149. The van der Waals surface area contributed by atoms with E-state index in [9.17, 15) is 9.50 Å². The maximum absolute atomic E-state index is 15.2. The van der Waals surface area contributed by atoms with Gasteiger partial charge in [0.1, 0.15) is 18.2 Å². The lowest BCUT2D eigenvalue weighted by Crippen LogP contribution is -2.49. The summed E-state index contributed by atoms with van der Waals surface area (Å²) in [6, 6.07) is 14.0. The number of aliphatic hydroxyl groups is 1. The summed E-state index contributed by atoms with van der Waals surface area (Å²) in [5.74, 6) is -0.447. The smallest absolute Gasteiger partial charge is 0.143 e. The average Bonchev–Trinajstić information content (AvgIpc) is 3.75. The second-order valence-corrected chi connectivity index (χ2v) is 13.0. The standard InChI is InChI=1S/C36H48F2N4O2/c1-25-8-6-12-32(37)31(25)23-44-24-42-21-7-11-30(35(42)26-13-15-28(16-14-26)39-27-9-2-3-10-27)36(43)40-34-22-29(17-18-33(34)38)41-19-4-5-20-41/h6,8,12-17,22,27,30,33,35-36,39-40,43H,2-5,7,9-11,18-21,23-24H2,1H3/t30-,33-,35+,36?/m0/s1. The summed E-state index contributed by atoms with van der Waals surface area (Å²) < 4.78 is 35.8. The van der Waals surface area contributed by atoms with Crippen LogP contribution in [-0.2, 0) is 11.3 Å². The second kappa shape index (κ2) is 14.4. The van der Waals surface area contributed by atoms with Crippen LogP contribution in [-0.4, -0.2) is 59.7 Å². The molecule has 2 aromatic rings. The number of ether oxygens (including phenoxy) is 1. The van der Waals surface area contributed by atoms with Gasteiger partial charge in [-0.1, -0.05) is 43.2 Å². The zero-order valence-corrected chi connectivity index (χ0v) is 26.0. The average molecular weight is 607 g/mol. The molecule has 0 aromatic heterocycles. The lowest BCUT2D eigenvalue weighted by Gasteiger charge is -2.44. The third-order valence-electron chi connectivity index (χ3n) is 9.98. The third kappa shape index (κ3) is 7.30. The Hall–Kier alpha value is -2.94. The summed E-state index contributed by atoms with van der Waals surface area (Å²) in [6.45, 7) is 5.16. The number of anilines is 1. The van der Waals surface area contributed by atoms with Crippen LogP contribution >= 0.6 is 0 Å². The number of halogens is 2. The Morgan fingerprint density at radius 2 is 1.75 bits per heavy atom. The van der Waals surface area contributed by atoms with Crippen LogP contribution in [0.4, 0.5) is 14.5 Å². The molecule has 6 nitrogen and oxygen atoms in total. The number of nitrogens with zero attached hydrogens (tertiary/aromatic N) is 2. The van der Waals surface area contributed by atoms with Gasteiger partial charge in [0.15, 0.2) is 0 Å². The Morgan fingerprint density at radius 3 is 2.50 bits per heavy atom. The molecule has 4 aliphatic rings. The maximum Gasteiger partial charge on any atom is 0.143 e. The molecule has 1 unspecified atom stereocenters. The number of allylic oxidation sites excluding steroid dienone is 3. The molecule has 0 amide bonds. The Balaban J connectivity index is 1.20. The first-order valence-electron chi connectivity index (χ1n) is 16.6. The highest BCUT2D eigenvalue weighted by Crippen LogP contribution is 2.39. The van der Waals surface area contributed by atoms with Crippen molar-refractivity contribution >= 4 is 5.69 Å². The number of alkyl halides is 1. The molecule has 8 heteroatoms. The summed E-state index contributed by atoms with van der Waals surface area (Å²) in [6.07, 6.45) is 11.0. The molecule has 0 spiro atoms. The Kier molecular flexibility index (Phi) is 10.2. The van der Waals surface area contributed by atoms with Gasteiger partial charge in [0.2, 0.25) is 0 Å². The molecule has 1 saturated carbocycles. The van der Waals surface area contributed by atoms with Crippen molar-refractivity contribution in [3.63, 3.8) is 0 Å². The van der Waals surface area contributed by atoms with E-state index in [0.29, 0.717) is 30.5 Å². The minimum Gasteiger partial charge on any atom is -0.382 e. The molecule has 2 saturated heterocycles. The molecule has 2 aliphatic carbocycles. The van der Waals surface area contributed by atoms with Crippen molar-refractivity contribution in [2.24, 2.45) is 5.92 Å². The van der Waals surface area contributed by atoms with E-state index in [1.807, 2.05) is 25.1 Å². The van der Waals surface area contributed by atoms with Crippen LogP contribution in [0, 0.1) is 18.7 Å². The van der Waals surface area contributed by atoms with Gasteiger partial charge in [0.25, 0.3) is 0 Å². The fourth-order valence-corrected chi connectivity index (χ4v) is 7.49. The summed E-state index contributed by atoms with van der Waals surface area (Å²) in [5, 5.41) is 18.6. The summed E-state index contributed by atoms with van der Waals surface area (Å²) in [4.78, 5) is 4.55. The van der Waals surface area contributed by atoms with E-state index in [2.05, 4.69) is 44.7 Å². The lowest BCUT2D eigenvalue weighted by molar-refractivity contribution is -0.0682. The van der Waals surface area contributed by atoms with E-state index in [1.165, 1.54) is 31.7 Å². The SMILES string of the molecule is Cc1cccc(F)c1COCN1CCC[C@H](C(O)NC2=CC(N3CCCC3)=CC[C@@H]2F)[C@H]1c1ccc(NC2CCCC2)cc1. The quantitative estimate of drug-likeness (QED) is 0.241. The van der Waals surface area contributed by atoms with Gasteiger partial charge in [-0.05, 0) is 80.9 Å². The summed E-state index contributed by atoms with van der Waals surface area (Å²) in [7, 11) is 0. The van der Waals surface area contributed by atoms with Gasteiger partial charge in [-0.15, -0.1) is 0 Å². The molecule has 238 valence electrons. The monoisotopic (exact) mass is 606 g/mol. The van der Waals surface area contributed by atoms with Crippen LogP contribution in [0.5, 0.6) is 0 Å². The predicted molar refractivity (Wildman–Crippen MR) is 171 cm³/mol. The van der Waals surface area contributed by atoms with Crippen molar-refractivity contribution in [3.8, 4) is 0 Å². The third-order valence-corrected chi connectivity index (χ3v) is 9.98. The number of nitrogens with one attached hydrogen (secondary N) is 2. The van der Waals surface area contributed by atoms with Gasteiger partial charge in [-0.3, -0.25) is 4.90 Å². The van der Waals surface area contributed by atoms with Crippen molar-refractivity contribution in [3.05, 3.63) is 88.5 Å². The van der Waals surface area contributed by atoms with Crippen LogP contribution in [0.1, 0.15) is 80.5 Å². The zero-order valence-electron chi connectivity index (χ0n) is 26.0. The molecular weight excluding hydrogens is 558 g/mol. The molecule has 0 radical (unpaired) electrons. The van der Waals surface area contributed by atoms with Gasteiger partial charge in [0, 0.05) is 66.7 Å². The Labute approximate surface area is 261 Å². The Morgan fingerprint density at radius 1 is 0.977 bits per heavy atom. The van der Waals surface area contributed by atoms with Crippen LogP contribution < -0.4 is 10.6 Å². The minimum atomic E-state index is -1.16. The van der Waals surface area contributed by atoms with E-state index in [4.69, 9.17) is 4.74 Å². The van der Waals surface area contributed by atoms with E-state index >= 15 is 4.39 Å². The highest BCUT2D eigenvalue weighted by molar-refractivity contribution is 5.46. The maximum atomic E-state index is 15.2. The normalized spacial score (nSPS) is 25.5.